The Hall–Kier alpha value is -0.940. The van der Waals surface area contributed by atoms with Gasteiger partial charge in [0.05, 0.1) is 4.47 Å². The molecule has 0 radical (unpaired) electrons. The van der Waals surface area contributed by atoms with Crippen molar-refractivity contribution >= 4 is 55.0 Å². The van der Waals surface area contributed by atoms with E-state index in [-0.39, 0.29) is 16.3 Å². The summed E-state index contributed by atoms with van der Waals surface area (Å²) < 4.78 is 41.4. The van der Waals surface area contributed by atoms with Gasteiger partial charge in [0.1, 0.15) is 15.6 Å². The lowest BCUT2D eigenvalue weighted by Gasteiger charge is -2.26. The minimum atomic E-state index is -3.70. The molecular weight excluding hydrogens is 475 g/mol. The van der Waals surface area contributed by atoms with E-state index in [1.807, 2.05) is 0 Å². The quantitative estimate of drug-likeness (QED) is 0.638. The maximum Gasteiger partial charge on any atom is 0.265 e. The molecular formula is C17H18BrFN2O3S3. The fraction of sp³-hybridized carbons (Fsp3) is 0.353. The van der Waals surface area contributed by atoms with Crippen LogP contribution in [0.1, 0.15) is 15.2 Å². The maximum atomic E-state index is 13.7. The van der Waals surface area contributed by atoms with Gasteiger partial charge in [-0.05, 0) is 45.1 Å². The normalized spacial score (nSPS) is 15.7. The van der Waals surface area contributed by atoms with Crippen molar-refractivity contribution in [3.8, 4) is 0 Å². The van der Waals surface area contributed by atoms with Crippen LogP contribution < -0.4 is 0 Å². The van der Waals surface area contributed by atoms with E-state index in [2.05, 4.69) is 15.9 Å². The van der Waals surface area contributed by atoms with Crippen LogP contribution in [-0.2, 0) is 16.6 Å². The highest BCUT2D eigenvalue weighted by Crippen LogP contribution is 2.28. The molecule has 27 heavy (non-hydrogen) atoms. The summed E-state index contributed by atoms with van der Waals surface area (Å²) in [6.45, 7) is 1.08. The SMILES string of the molecule is CN(Cc1ccc(Br)c(F)c1)C(=O)c1sccc1S(=O)(=O)N1CCSCC1. The summed E-state index contributed by atoms with van der Waals surface area (Å²) >= 11 is 5.93. The highest BCUT2D eigenvalue weighted by Gasteiger charge is 2.32. The number of thiophene rings is 1. The number of rotatable bonds is 5. The first-order valence-corrected chi connectivity index (χ1v) is 12.4. The zero-order chi connectivity index (χ0) is 19.6. The molecule has 0 aliphatic carbocycles. The molecule has 0 atom stereocenters. The van der Waals surface area contributed by atoms with Gasteiger partial charge in [-0.15, -0.1) is 11.3 Å². The van der Waals surface area contributed by atoms with Crippen molar-refractivity contribution < 1.29 is 17.6 Å². The third-order valence-electron chi connectivity index (χ3n) is 4.16. The highest BCUT2D eigenvalue weighted by atomic mass is 79.9. The smallest absolute Gasteiger partial charge is 0.265 e. The van der Waals surface area contributed by atoms with Crippen molar-refractivity contribution in [1.82, 2.24) is 9.21 Å². The molecule has 1 saturated heterocycles. The lowest BCUT2D eigenvalue weighted by Crippen LogP contribution is -2.38. The average molecular weight is 493 g/mol. The van der Waals surface area contributed by atoms with E-state index in [0.29, 0.717) is 23.1 Å². The number of carbonyl (C=O) groups is 1. The summed E-state index contributed by atoms with van der Waals surface area (Å²) in [7, 11) is -2.12. The average Bonchev–Trinajstić information content (AvgIpc) is 3.15. The molecule has 0 bridgehead atoms. The van der Waals surface area contributed by atoms with Crippen molar-refractivity contribution in [2.75, 3.05) is 31.6 Å². The maximum absolute atomic E-state index is 13.7. The van der Waals surface area contributed by atoms with Gasteiger partial charge in [0.2, 0.25) is 10.0 Å². The van der Waals surface area contributed by atoms with Crippen LogP contribution in [0.15, 0.2) is 39.0 Å². The number of halogens is 2. The van der Waals surface area contributed by atoms with Crippen LogP contribution in [-0.4, -0.2) is 55.2 Å². The molecule has 2 heterocycles. The summed E-state index contributed by atoms with van der Waals surface area (Å²) in [6.07, 6.45) is 0. The molecule has 1 amide bonds. The van der Waals surface area contributed by atoms with Crippen molar-refractivity contribution in [2.24, 2.45) is 0 Å². The molecule has 0 unspecified atom stereocenters. The second-order valence-electron chi connectivity index (χ2n) is 6.04. The van der Waals surface area contributed by atoms with Gasteiger partial charge in [-0.2, -0.15) is 16.1 Å². The molecule has 1 fully saturated rings. The van der Waals surface area contributed by atoms with E-state index in [0.717, 1.165) is 22.8 Å². The number of benzene rings is 1. The first-order valence-electron chi connectivity index (χ1n) is 8.15. The third-order valence-corrected chi connectivity index (χ3v) is 8.72. The predicted molar refractivity (Wildman–Crippen MR) is 110 cm³/mol. The van der Waals surface area contributed by atoms with Crippen LogP contribution in [0.2, 0.25) is 0 Å². The molecule has 1 aliphatic rings. The summed E-state index contributed by atoms with van der Waals surface area (Å²) in [4.78, 5) is 14.5. The van der Waals surface area contributed by atoms with E-state index in [1.165, 1.54) is 21.3 Å². The summed E-state index contributed by atoms with van der Waals surface area (Å²) in [5.74, 6) is 0.706. The predicted octanol–water partition coefficient (Wildman–Crippen LogP) is 3.66. The molecule has 2 aromatic rings. The van der Waals surface area contributed by atoms with Crippen molar-refractivity contribution in [1.29, 1.82) is 0 Å². The Bertz CT molecular complexity index is 943. The van der Waals surface area contributed by atoms with Crippen LogP contribution in [0.4, 0.5) is 4.39 Å². The second-order valence-corrected chi connectivity index (χ2v) is 10.9. The topological polar surface area (TPSA) is 57.7 Å². The molecule has 1 aliphatic heterocycles. The second kappa shape index (κ2) is 8.60. The van der Waals surface area contributed by atoms with Crippen molar-refractivity contribution in [3.05, 3.63) is 50.4 Å². The molecule has 0 N–H and O–H groups in total. The van der Waals surface area contributed by atoms with E-state index in [9.17, 15) is 17.6 Å². The van der Waals surface area contributed by atoms with Gasteiger partial charge in [0.15, 0.2) is 0 Å². The first kappa shape index (κ1) is 20.8. The number of thioether (sulfide) groups is 1. The Morgan fingerprint density at radius 2 is 2.00 bits per heavy atom. The standard InChI is InChI=1S/C17H18BrFN2O3S3/c1-20(11-12-2-3-13(18)14(19)10-12)17(22)16-15(4-7-26-16)27(23,24)21-5-8-25-9-6-21/h2-4,7,10H,5-6,8-9,11H2,1H3. The van der Waals surface area contributed by atoms with Gasteiger partial charge in [-0.1, -0.05) is 6.07 Å². The molecule has 0 saturated carbocycles. The fourth-order valence-corrected chi connectivity index (χ4v) is 6.95. The van der Waals surface area contributed by atoms with Crippen LogP contribution in [0.5, 0.6) is 0 Å². The van der Waals surface area contributed by atoms with Crippen LogP contribution >= 0.6 is 39.0 Å². The van der Waals surface area contributed by atoms with E-state index >= 15 is 0 Å². The lowest BCUT2D eigenvalue weighted by molar-refractivity contribution is 0.0786. The summed E-state index contributed by atoms with van der Waals surface area (Å²) in [5.41, 5.74) is 0.626. The fourth-order valence-electron chi connectivity index (χ4n) is 2.74. The Kier molecular flexibility index (Phi) is 6.62. The zero-order valence-corrected chi connectivity index (χ0v) is 18.6. The van der Waals surface area contributed by atoms with Gasteiger partial charge >= 0.3 is 0 Å². The van der Waals surface area contributed by atoms with E-state index in [1.54, 1.807) is 36.3 Å². The van der Waals surface area contributed by atoms with E-state index in [4.69, 9.17) is 0 Å². The number of hydrogen-bond acceptors (Lipinski definition) is 5. The van der Waals surface area contributed by atoms with E-state index < -0.39 is 21.7 Å². The molecule has 1 aromatic heterocycles. The largest absolute Gasteiger partial charge is 0.337 e. The van der Waals surface area contributed by atoms with Crippen molar-refractivity contribution in [3.63, 3.8) is 0 Å². The summed E-state index contributed by atoms with van der Waals surface area (Å²) in [6, 6.07) is 6.14. The highest BCUT2D eigenvalue weighted by molar-refractivity contribution is 9.10. The van der Waals surface area contributed by atoms with Crippen LogP contribution in [0.3, 0.4) is 0 Å². The van der Waals surface area contributed by atoms with Gasteiger partial charge in [-0.3, -0.25) is 4.79 Å². The Morgan fingerprint density at radius 3 is 2.67 bits per heavy atom. The molecule has 0 spiro atoms. The number of amides is 1. The Balaban J connectivity index is 1.81. The van der Waals surface area contributed by atoms with Crippen molar-refractivity contribution in [2.45, 2.75) is 11.4 Å². The molecule has 10 heteroatoms. The van der Waals surface area contributed by atoms with Gasteiger partial charge in [0.25, 0.3) is 5.91 Å². The number of nitrogens with zero attached hydrogens (tertiary/aromatic N) is 2. The minimum Gasteiger partial charge on any atom is -0.337 e. The molecule has 5 nitrogen and oxygen atoms in total. The van der Waals surface area contributed by atoms with Gasteiger partial charge in [0, 0.05) is 38.2 Å². The van der Waals surface area contributed by atoms with Gasteiger partial charge in [-0.25, -0.2) is 12.8 Å². The number of hydrogen-bond donors (Lipinski definition) is 0. The monoisotopic (exact) mass is 492 g/mol. The van der Waals surface area contributed by atoms with Gasteiger partial charge < -0.3 is 4.90 Å². The van der Waals surface area contributed by atoms with Crippen LogP contribution in [0.25, 0.3) is 0 Å². The Labute approximate surface area is 174 Å². The Morgan fingerprint density at radius 1 is 1.30 bits per heavy atom. The number of sulfonamides is 1. The molecule has 3 rings (SSSR count). The van der Waals surface area contributed by atoms with Crippen LogP contribution in [0, 0.1) is 5.82 Å². The minimum absolute atomic E-state index is 0.0539. The third kappa shape index (κ3) is 4.56. The molecule has 146 valence electrons. The zero-order valence-electron chi connectivity index (χ0n) is 14.5. The molecule has 1 aromatic carbocycles. The summed E-state index contributed by atoms with van der Waals surface area (Å²) in [5, 5.41) is 1.62. The lowest BCUT2D eigenvalue weighted by atomic mass is 10.2. The first-order chi connectivity index (χ1) is 12.8. The number of carbonyl (C=O) groups excluding carboxylic acids is 1.